The van der Waals surface area contributed by atoms with Crippen molar-refractivity contribution in [2.24, 2.45) is 4.99 Å². The van der Waals surface area contributed by atoms with Gasteiger partial charge in [-0.2, -0.15) is 0 Å². The summed E-state index contributed by atoms with van der Waals surface area (Å²) >= 11 is 4.76. The Morgan fingerprint density at radius 2 is 1.84 bits per heavy atom. The van der Waals surface area contributed by atoms with E-state index in [1.54, 1.807) is 18.4 Å². The van der Waals surface area contributed by atoms with Crippen LogP contribution in [0.2, 0.25) is 0 Å². The maximum absolute atomic E-state index is 13.8. The maximum Gasteiger partial charge on any atom is 0.338 e. The van der Waals surface area contributed by atoms with Crippen LogP contribution >= 0.6 is 27.3 Å². The Morgan fingerprint density at radius 3 is 2.58 bits per heavy atom. The van der Waals surface area contributed by atoms with Crippen LogP contribution in [0, 0.1) is 0 Å². The zero-order chi connectivity index (χ0) is 26.6. The largest absolute Gasteiger partial charge is 0.489 e. The lowest BCUT2D eigenvalue weighted by Gasteiger charge is -2.24. The molecule has 3 aromatic carbocycles. The lowest BCUT2D eigenvalue weighted by atomic mass is 9.96. The number of halogens is 1. The summed E-state index contributed by atoms with van der Waals surface area (Å²) in [6.07, 6.45) is 1.83. The van der Waals surface area contributed by atoms with Crippen LogP contribution in [0.25, 0.3) is 6.08 Å². The number of carbonyl (C=O) groups is 1. The van der Waals surface area contributed by atoms with Gasteiger partial charge in [-0.05, 0) is 60.9 Å². The first kappa shape index (κ1) is 25.9. The molecular formula is C30H25BrN2O4S. The summed E-state index contributed by atoms with van der Waals surface area (Å²) in [4.78, 5) is 31.9. The number of benzene rings is 3. The van der Waals surface area contributed by atoms with Gasteiger partial charge in [0.2, 0.25) is 0 Å². The Hall–Kier alpha value is -3.75. The fraction of sp³-hybridized carbons (Fsp3) is 0.167. The number of allylic oxidation sites excluding steroid dienone is 1. The predicted octanol–water partition coefficient (Wildman–Crippen LogP) is 5.14. The molecule has 2 heterocycles. The number of rotatable bonds is 7. The Bertz CT molecular complexity index is 1690. The van der Waals surface area contributed by atoms with E-state index in [1.807, 2.05) is 84.9 Å². The van der Waals surface area contributed by atoms with E-state index in [1.165, 1.54) is 11.3 Å². The molecule has 4 aromatic rings. The molecule has 192 valence electrons. The van der Waals surface area contributed by atoms with Gasteiger partial charge in [-0.1, -0.05) is 81.9 Å². The van der Waals surface area contributed by atoms with Gasteiger partial charge in [0, 0.05) is 4.47 Å². The van der Waals surface area contributed by atoms with Gasteiger partial charge in [0.1, 0.15) is 12.4 Å². The third-order valence-corrected chi connectivity index (χ3v) is 7.62. The smallest absolute Gasteiger partial charge is 0.338 e. The molecule has 0 saturated heterocycles. The normalized spacial score (nSPS) is 15.1. The van der Waals surface area contributed by atoms with E-state index in [0.29, 0.717) is 33.0 Å². The lowest BCUT2D eigenvalue weighted by molar-refractivity contribution is -0.139. The number of ether oxygens (including phenoxy) is 2. The van der Waals surface area contributed by atoms with Gasteiger partial charge < -0.3 is 9.47 Å². The van der Waals surface area contributed by atoms with Crippen molar-refractivity contribution in [3.05, 3.63) is 131 Å². The molecule has 1 atom stereocenters. The van der Waals surface area contributed by atoms with E-state index in [9.17, 15) is 9.59 Å². The van der Waals surface area contributed by atoms with Gasteiger partial charge in [-0.15, -0.1) is 0 Å². The van der Waals surface area contributed by atoms with Crippen LogP contribution in [0.1, 0.15) is 36.6 Å². The molecule has 0 spiro atoms. The monoisotopic (exact) mass is 588 g/mol. The first-order valence-corrected chi connectivity index (χ1v) is 13.8. The minimum Gasteiger partial charge on any atom is -0.489 e. The standard InChI is InChI=1S/C30H25BrN2O4S/c1-3-36-29(35)26-19(2)32-30-33(27(26)22-12-14-23(31)15-13-22)28(34)25(38-30)17-21-10-7-11-24(16-21)37-18-20-8-5-4-6-9-20/h4-17,27H,3,18H2,1-2H3/b25-17-/t27-/m0/s1. The topological polar surface area (TPSA) is 69.9 Å². The number of carbonyl (C=O) groups excluding carboxylic acids is 1. The van der Waals surface area contributed by atoms with Crippen molar-refractivity contribution in [3.8, 4) is 5.75 Å². The third-order valence-electron chi connectivity index (χ3n) is 6.11. The lowest BCUT2D eigenvalue weighted by Crippen LogP contribution is -2.39. The van der Waals surface area contributed by atoms with E-state index in [0.717, 1.165) is 21.2 Å². The van der Waals surface area contributed by atoms with Crippen LogP contribution < -0.4 is 19.6 Å². The molecule has 0 N–H and O–H groups in total. The van der Waals surface area contributed by atoms with E-state index in [2.05, 4.69) is 20.9 Å². The molecule has 0 amide bonds. The molecule has 1 aromatic heterocycles. The van der Waals surface area contributed by atoms with Crippen LogP contribution in [-0.2, 0) is 16.1 Å². The molecule has 0 bridgehead atoms. The van der Waals surface area contributed by atoms with Gasteiger partial charge in [0.05, 0.1) is 28.5 Å². The molecule has 6 nitrogen and oxygen atoms in total. The molecular weight excluding hydrogens is 564 g/mol. The summed E-state index contributed by atoms with van der Waals surface area (Å²) in [7, 11) is 0. The van der Waals surface area contributed by atoms with E-state index in [4.69, 9.17) is 9.47 Å². The van der Waals surface area contributed by atoms with E-state index < -0.39 is 12.0 Å². The second kappa shape index (κ2) is 11.3. The Balaban J connectivity index is 1.55. The molecule has 38 heavy (non-hydrogen) atoms. The Labute approximate surface area is 232 Å². The fourth-order valence-corrected chi connectivity index (χ4v) is 5.65. The van der Waals surface area contributed by atoms with Crippen molar-refractivity contribution in [2.45, 2.75) is 26.5 Å². The number of thiazole rings is 1. The first-order valence-electron chi connectivity index (χ1n) is 12.2. The third kappa shape index (κ3) is 5.42. The van der Waals surface area contributed by atoms with Crippen molar-refractivity contribution in [1.82, 2.24) is 4.57 Å². The number of esters is 1. The Morgan fingerprint density at radius 1 is 1.08 bits per heavy atom. The number of hydrogen-bond acceptors (Lipinski definition) is 6. The van der Waals surface area contributed by atoms with Gasteiger partial charge in [0.15, 0.2) is 4.80 Å². The van der Waals surface area contributed by atoms with Crippen LogP contribution in [-0.4, -0.2) is 17.1 Å². The minimum absolute atomic E-state index is 0.216. The molecule has 0 fully saturated rings. The molecule has 5 rings (SSSR count). The predicted molar refractivity (Wildman–Crippen MR) is 152 cm³/mol. The quantitative estimate of drug-likeness (QED) is 0.280. The van der Waals surface area contributed by atoms with Crippen molar-refractivity contribution < 1.29 is 14.3 Å². The highest BCUT2D eigenvalue weighted by molar-refractivity contribution is 9.10. The number of aromatic nitrogens is 1. The SMILES string of the molecule is CCOC(=O)C1=C(C)N=c2s/c(=C\c3cccc(OCc4ccccc4)c3)c(=O)n2[C@H]1c1ccc(Br)cc1. The fourth-order valence-electron chi connectivity index (χ4n) is 4.34. The zero-order valence-corrected chi connectivity index (χ0v) is 23.3. The van der Waals surface area contributed by atoms with E-state index >= 15 is 0 Å². The summed E-state index contributed by atoms with van der Waals surface area (Å²) in [6.45, 7) is 4.23. The van der Waals surface area contributed by atoms with Gasteiger partial charge in [-0.3, -0.25) is 9.36 Å². The molecule has 0 saturated carbocycles. The highest BCUT2D eigenvalue weighted by Crippen LogP contribution is 2.31. The highest BCUT2D eigenvalue weighted by Gasteiger charge is 2.33. The summed E-state index contributed by atoms with van der Waals surface area (Å²) in [5.74, 6) is 0.239. The summed E-state index contributed by atoms with van der Waals surface area (Å²) in [5.41, 5.74) is 3.40. The molecule has 0 aliphatic carbocycles. The maximum atomic E-state index is 13.8. The van der Waals surface area contributed by atoms with E-state index in [-0.39, 0.29) is 12.2 Å². The van der Waals surface area contributed by atoms with Crippen LogP contribution in [0.15, 0.2) is 104 Å². The molecule has 0 unspecified atom stereocenters. The van der Waals surface area contributed by atoms with Crippen molar-refractivity contribution >= 4 is 39.3 Å². The second-order valence-corrected chi connectivity index (χ2v) is 10.6. The second-order valence-electron chi connectivity index (χ2n) is 8.70. The number of nitrogens with zero attached hydrogens (tertiary/aromatic N) is 2. The van der Waals surface area contributed by atoms with Crippen molar-refractivity contribution in [1.29, 1.82) is 0 Å². The summed E-state index contributed by atoms with van der Waals surface area (Å²) < 4.78 is 14.3. The van der Waals surface area contributed by atoms with Crippen LogP contribution in [0.3, 0.4) is 0 Å². The highest BCUT2D eigenvalue weighted by atomic mass is 79.9. The number of fused-ring (bicyclic) bond motifs is 1. The Kier molecular flexibility index (Phi) is 7.72. The zero-order valence-electron chi connectivity index (χ0n) is 20.9. The summed E-state index contributed by atoms with van der Waals surface area (Å²) in [6, 6.07) is 24.5. The molecule has 1 aliphatic rings. The average Bonchev–Trinajstić information content (AvgIpc) is 3.22. The minimum atomic E-state index is -0.638. The summed E-state index contributed by atoms with van der Waals surface area (Å²) in [5, 5.41) is 0. The molecule has 0 radical (unpaired) electrons. The average molecular weight is 590 g/mol. The number of hydrogen-bond donors (Lipinski definition) is 0. The van der Waals surface area contributed by atoms with Gasteiger partial charge in [0.25, 0.3) is 5.56 Å². The van der Waals surface area contributed by atoms with Crippen LogP contribution in [0.4, 0.5) is 0 Å². The van der Waals surface area contributed by atoms with Gasteiger partial charge in [-0.25, -0.2) is 9.79 Å². The van der Waals surface area contributed by atoms with Crippen LogP contribution in [0.5, 0.6) is 5.75 Å². The first-order chi connectivity index (χ1) is 18.4. The molecule has 1 aliphatic heterocycles. The van der Waals surface area contributed by atoms with Crippen molar-refractivity contribution in [3.63, 3.8) is 0 Å². The van der Waals surface area contributed by atoms with Crippen molar-refractivity contribution in [2.75, 3.05) is 6.61 Å². The van der Waals surface area contributed by atoms with Gasteiger partial charge >= 0.3 is 5.97 Å². The molecule has 8 heteroatoms.